The van der Waals surface area contributed by atoms with Crippen LogP contribution in [0.3, 0.4) is 0 Å². The minimum Gasteiger partial charge on any atom is -0.411 e. The van der Waals surface area contributed by atoms with Crippen LogP contribution in [-0.2, 0) is 4.74 Å². The number of imidazole rings is 1. The number of hydrogen-bond donors (Lipinski definition) is 3. The third-order valence-electron chi connectivity index (χ3n) is 3.07. The Kier molecular flexibility index (Phi) is 2.76. The van der Waals surface area contributed by atoms with Crippen molar-refractivity contribution in [3.63, 3.8) is 0 Å². The lowest BCUT2D eigenvalue weighted by atomic mass is 10.2. The van der Waals surface area contributed by atoms with Crippen LogP contribution in [0.1, 0.15) is 12.6 Å². The number of oxime groups is 1. The highest BCUT2D eigenvalue weighted by Gasteiger charge is 2.33. The summed E-state index contributed by atoms with van der Waals surface area (Å²) in [6.45, 7) is -0.250. The predicted molar refractivity (Wildman–Crippen MR) is 64.6 cm³/mol. The standard InChI is InChI=1S/C10H12N6O3/c11-9-8-10(13-3-12-9)16(4-14-8)7-1-5(15-18)6(2-17)19-7/h3-4,6-7,17-18H,1-2H2,(H2,11,12,13)/b15-5-/t6-,7-/m1/s1. The van der Waals surface area contributed by atoms with Gasteiger partial charge in [0.1, 0.15) is 24.2 Å². The number of fused-ring (bicyclic) bond motifs is 1. The molecule has 0 aromatic carbocycles. The largest absolute Gasteiger partial charge is 0.411 e. The molecule has 3 rings (SSSR count). The molecule has 3 heterocycles. The van der Waals surface area contributed by atoms with E-state index in [0.717, 1.165) is 0 Å². The number of anilines is 1. The Morgan fingerprint density at radius 3 is 3.00 bits per heavy atom. The van der Waals surface area contributed by atoms with Crippen molar-refractivity contribution < 1.29 is 15.1 Å². The molecule has 0 bridgehead atoms. The van der Waals surface area contributed by atoms with Gasteiger partial charge in [0.15, 0.2) is 11.5 Å². The molecule has 2 aromatic rings. The van der Waals surface area contributed by atoms with Crippen molar-refractivity contribution >= 4 is 22.7 Å². The quantitative estimate of drug-likeness (QED) is 0.493. The van der Waals surface area contributed by atoms with E-state index in [-0.39, 0.29) is 12.4 Å². The van der Waals surface area contributed by atoms with Gasteiger partial charge in [-0.05, 0) is 0 Å². The first-order valence-corrected chi connectivity index (χ1v) is 5.64. The van der Waals surface area contributed by atoms with E-state index in [4.69, 9.17) is 20.8 Å². The van der Waals surface area contributed by atoms with Crippen LogP contribution < -0.4 is 5.73 Å². The molecule has 0 saturated carbocycles. The molecule has 0 radical (unpaired) electrons. The van der Waals surface area contributed by atoms with Crippen molar-refractivity contribution in [1.29, 1.82) is 0 Å². The fourth-order valence-electron chi connectivity index (χ4n) is 2.12. The third kappa shape index (κ3) is 1.79. The molecule has 1 aliphatic rings. The normalized spacial score (nSPS) is 25.4. The molecule has 1 saturated heterocycles. The van der Waals surface area contributed by atoms with Crippen LogP contribution in [0.4, 0.5) is 5.82 Å². The van der Waals surface area contributed by atoms with Crippen molar-refractivity contribution in [2.45, 2.75) is 18.8 Å². The Labute approximate surface area is 107 Å². The topological polar surface area (TPSA) is 132 Å². The fraction of sp³-hybridized carbons (Fsp3) is 0.400. The summed E-state index contributed by atoms with van der Waals surface area (Å²) in [6.07, 6.45) is 2.16. The molecular weight excluding hydrogens is 252 g/mol. The van der Waals surface area contributed by atoms with Gasteiger partial charge in [-0.3, -0.25) is 4.57 Å². The molecule has 1 aliphatic heterocycles. The van der Waals surface area contributed by atoms with Crippen molar-refractivity contribution in [2.75, 3.05) is 12.3 Å². The van der Waals surface area contributed by atoms with E-state index in [1.807, 2.05) is 0 Å². The summed E-state index contributed by atoms with van der Waals surface area (Å²) in [4.78, 5) is 12.1. The predicted octanol–water partition coefficient (Wildman–Crippen LogP) is -0.482. The maximum absolute atomic E-state index is 9.15. The van der Waals surface area contributed by atoms with Crippen LogP contribution >= 0.6 is 0 Å². The molecule has 2 aromatic heterocycles. The smallest absolute Gasteiger partial charge is 0.167 e. The number of ether oxygens (including phenoxy) is 1. The number of aromatic nitrogens is 4. The number of nitrogens with zero attached hydrogens (tertiary/aromatic N) is 5. The van der Waals surface area contributed by atoms with Gasteiger partial charge in [-0.2, -0.15) is 0 Å². The second kappa shape index (κ2) is 4.44. The maximum Gasteiger partial charge on any atom is 0.167 e. The van der Waals surface area contributed by atoms with Gasteiger partial charge in [-0.25, -0.2) is 15.0 Å². The molecule has 9 nitrogen and oxygen atoms in total. The Balaban J connectivity index is 2.00. The fourth-order valence-corrected chi connectivity index (χ4v) is 2.12. The van der Waals surface area contributed by atoms with Crippen LogP contribution in [0.5, 0.6) is 0 Å². The lowest BCUT2D eigenvalue weighted by Gasteiger charge is -2.12. The second-order valence-corrected chi connectivity index (χ2v) is 4.14. The average molecular weight is 264 g/mol. The molecule has 0 spiro atoms. The molecule has 100 valence electrons. The van der Waals surface area contributed by atoms with E-state index >= 15 is 0 Å². The van der Waals surface area contributed by atoms with E-state index in [1.165, 1.54) is 12.7 Å². The lowest BCUT2D eigenvalue weighted by molar-refractivity contribution is -0.0108. The van der Waals surface area contributed by atoms with Crippen molar-refractivity contribution in [1.82, 2.24) is 19.5 Å². The zero-order valence-electron chi connectivity index (χ0n) is 9.84. The second-order valence-electron chi connectivity index (χ2n) is 4.14. The minimum atomic E-state index is -0.619. The first kappa shape index (κ1) is 11.8. The maximum atomic E-state index is 9.15. The average Bonchev–Trinajstić information content (AvgIpc) is 3.02. The van der Waals surface area contributed by atoms with Crippen molar-refractivity contribution in [3.8, 4) is 0 Å². The number of rotatable bonds is 2. The van der Waals surface area contributed by atoms with Crippen LogP contribution in [0, 0.1) is 0 Å². The monoisotopic (exact) mass is 264 g/mol. The van der Waals surface area contributed by atoms with Gasteiger partial charge in [-0.15, -0.1) is 0 Å². The molecule has 2 atom stereocenters. The van der Waals surface area contributed by atoms with E-state index in [9.17, 15) is 0 Å². The SMILES string of the molecule is Nc1ncnc2c1ncn2[C@H]1C/C(=N/O)[C@@H](CO)O1. The molecule has 1 fully saturated rings. The first-order chi connectivity index (χ1) is 9.24. The summed E-state index contributed by atoms with van der Waals surface area (Å²) < 4.78 is 7.26. The Morgan fingerprint density at radius 1 is 1.47 bits per heavy atom. The van der Waals surface area contributed by atoms with E-state index in [2.05, 4.69) is 20.1 Å². The number of hydrogen-bond acceptors (Lipinski definition) is 8. The van der Waals surface area contributed by atoms with E-state index < -0.39 is 12.3 Å². The molecule has 0 unspecified atom stereocenters. The summed E-state index contributed by atoms with van der Waals surface area (Å²) in [7, 11) is 0. The van der Waals surface area contributed by atoms with Crippen molar-refractivity contribution in [3.05, 3.63) is 12.7 Å². The minimum absolute atomic E-state index is 0.250. The van der Waals surface area contributed by atoms with Gasteiger partial charge in [0.25, 0.3) is 0 Å². The molecular formula is C10H12N6O3. The van der Waals surface area contributed by atoms with Crippen LogP contribution in [-0.4, -0.2) is 48.3 Å². The van der Waals surface area contributed by atoms with Gasteiger partial charge in [0, 0.05) is 6.42 Å². The summed E-state index contributed by atoms with van der Waals surface area (Å²) in [5, 5.41) is 21.2. The molecule has 19 heavy (non-hydrogen) atoms. The Hall–Kier alpha value is -2.26. The van der Waals surface area contributed by atoms with E-state index in [0.29, 0.717) is 23.3 Å². The number of nitrogens with two attached hydrogens (primary N) is 1. The van der Waals surface area contributed by atoms with Gasteiger partial charge in [0.2, 0.25) is 0 Å². The highest BCUT2D eigenvalue weighted by atomic mass is 16.5. The van der Waals surface area contributed by atoms with E-state index in [1.54, 1.807) is 4.57 Å². The Morgan fingerprint density at radius 2 is 2.32 bits per heavy atom. The number of nitrogen functional groups attached to an aromatic ring is 1. The lowest BCUT2D eigenvalue weighted by Crippen LogP contribution is -2.20. The van der Waals surface area contributed by atoms with Crippen LogP contribution in [0.25, 0.3) is 11.2 Å². The third-order valence-corrected chi connectivity index (χ3v) is 3.07. The van der Waals surface area contributed by atoms with Gasteiger partial charge < -0.3 is 20.8 Å². The van der Waals surface area contributed by atoms with Crippen molar-refractivity contribution in [2.24, 2.45) is 5.16 Å². The van der Waals surface area contributed by atoms with Gasteiger partial charge in [-0.1, -0.05) is 5.16 Å². The zero-order chi connectivity index (χ0) is 13.4. The van der Waals surface area contributed by atoms with Crippen LogP contribution in [0.15, 0.2) is 17.8 Å². The highest BCUT2D eigenvalue weighted by Crippen LogP contribution is 2.29. The Bertz CT molecular complexity index is 639. The summed E-state index contributed by atoms with van der Waals surface area (Å²) in [5.41, 5.74) is 7.11. The first-order valence-electron chi connectivity index (χ1n) is 5.64. The summed E-state index contributed by atoms with van der Waals surface area (Å²) >= 11 is 0. The summed E-state index contributed by atoms with van der Waals surface area (Å²) in [5.74, 6) is 0.288. The molecule has 9 heteroatoms. The molecule has 4 N–H and O–H groups in total. The highest BCUT2D eigenvalue weighted by molar-refractivity contribution is 5.90. The number of aliphatic hydroxyl groups is 1. The molecule has 0 aliphatic carbocycles. The van der Waals surface area contributed by atoms with Gasteiger partial charge in [0.05, 0.1) is 18.6 Å². The van der Waals surface area contributed by atoms with Gasteiger partial charge >= 0.3 is 0 Å². The molecule has 0 amide bonds. The van der Waals surface area contributed by atoms with Crippen LogP contribution in [0.2, 0.25) is 0 Å². The zero-order valence-corrected chi connectivity index (χ0v) is 9.84. The summed E-state index contributed by atoms with van der Waals surface area (Å²) in [6, 6.07) is 0. The number of aliphatic hydroxyl groups excluding tert-OH is 1.